The Labute approximate surface area is 122 Å². The van der Waals surface area contributed by atoms with Crippen LogP contribution in [0.25, 0.3) is 0 Å². The summed E-state index contributed by atoms with van der Waals surface area (Å²) >= 11 is 0. The summed E-state index contributed by atoms with van der Waals surface area (Å²) < 4.78 is 5.40. The molecule has 3 unspecified atom stereocenters. The number of rotatable bonds is 4. The SMILES string of the molecule is CC(NCC1CCCCC1C)c1nc(C(C)(C)C)no1. The Balaban J connectivity index is 1.88. The van der Waals surface area contributed by atoms with Crippen molar-refractivity contribution >= 4 is 0 Å². The maximum atomic E-state index is 5.40. The summed E-state index contributed by atoms with van der Waals surface area (Å²) in [5.41, 5.74) is -0.0562. The standard InChI is InChI=1S/C16H29N3O/c1-11-8-6-7-9-13(11)10-17-12(2)14-18-15(19-20-14)16(3,4)5/h11-13,17H,6-10H2,1-5H3. The Kier molecular flexibility index (Phi) is 4.84. The van der Waals surface area contributed by atoms with Crippen LogP contribution >= 0.6 is 0 Å². The zero-order chi connectivity index (χ0) is 14.8. The van der Waals surface area contributed by atoms with E-state index in [1.54, 1.807) is 0 Å². The molecule has 1 saturated carbocycles. The lowest BCUT2D eigenvalue weighted by Crippen LogP contribution is -2.31. The van der Waals surface area contributed by atoms with Crippen LogP contribution in [0.5, 0.6) is 0 Å². The van der Waals surface area contributed by atoms with Gasteiger partial charge in [-0.1, -0.05) is 52.1 Å². The Bertz CT molecular complexity index is 422. The molecule has 1 aromatic rings. The van der Waals surface area contributed by atoms with Crippen molar-refractivity contribution < 1.29 is 4.52 Å². The fourth-order valence-electron chi connectivity index (χ4n) is 2.83. The molecular weight excluding hydrogens is 250 g/mol. The van der Waals surface area contributed by atoms with Gasteiger partial charge in [0, 0.05) is 5.41 Å². The lowest BCUT2D eigenvalue weighted by Gasteiger charge is -2.29. The lowest BCUT2D eigenvalue weighted by atomic mass is 9.80. The minimum absolute atomic E-state index is 0.0562. The van der Waals surface area contributed by atoms with E-state index in [-0.39, 0.29) is 11.5 Å². The van der Waals surface area contributed by atoms with E-state index in [9.17, 15) is 0 Å². The fraction of sp³-hybridized carbons (Fsp3) is 0.875. The second kappa shape index (κ2) is 6.25. The van der Waals surface area contributed by atoms with Gasteiger partial charge in [-0.2, -0.15) is 4.98 Å². The van der Waals surface area contributed by atoms with E-state index in [2.05, 4.69) is 50.1 Å². The van der Waals surface area contributed by atoms with Crippen LogP contribution in [0.15, 0.2) is 4.52 Å². The smallest absolute Gasteiger partial charge is 0.243 e. The van der Waals surface area contributed by atoms with Crippen LogP contribution < -0.4 is 5.32 Å². The second-order valence-electron chi connectivity index (χ2n) is 7.36. The van der Waals surface area contributed by atoms with Gasteiger partial charge in [0.1, 0.15) is 0 Å². The topological polar surface area (TPSA) is 51.0 Å². The van der Waals surface area contributed by atoms with Gasteiger partial charge in [-0.25, -0.2) is 0 Å². The third-order valence-corrected chi connectivity index (χ3v) is 4.46. The van der Waals surface area contributed by atoms with Gasteiger partial charge in [0.05, 0.1) is 6.04 Å². The molecule has 0 saturated heterocycles. The van der Waals surface area contributed by atoms with Crippen molar-refractivity contribution in [2.24, 2.45) is 11.8 Å². The minimum Gasteiger partial charge on any atom is -0.338 e. The molecule has 3 atom stereocenters. The highest BCUT2D eigenvalue weighted by atomic mass is 16.5. The van der Waals surface area contributed by atoms with E-state index in [1.165, 1.54) is 25.7 Å². The van der Waals surface area contributed by atoms with Crippen molar-refractivity contribution in [1.82, 2.24) is 15.5 Å². The highest BCUT2D eigenvalue weighted by Crippen LogP contribution is 2.29. The van der Waals surface area contributed by atoms with Crippen LogP contribution in [-0.4, -0.2) is 16.7 Å². The monoisotopic (exact) mass is 279 g/mol. The van der Waals surface area contributed by atoms with E-state index in [0.717, 1.165) is 24.2 Å². The van der Waals surface area contributed by atoms with Crippen molar-refractivity contribution in [3.63, 3.8) is 0 Å². The lowest BCUT2D eigenvalue weighted by molar-refractivity contribution is 0.234. The van der Waals surface area contributed by atoms with Crippen molar-refractivity contribution in [2.75, 3.05) is 6.54 Å². The first-order chi connectivity index (χ1) is 9.38. The third kappa shape index (κ3) is 3.81. The molecule has 0 aromatic carbocycles. The van der Waals surface area contributed by atoms with Crippen LogP contribution in [0.3, 0.4) is 0 Å². The molecule has 2 rings (SSSR count). The van der Waals surface area contributed by atoms with Gasteiger partial charge in [-0.15, -0.1) is 0 Å². The average Bonchev–Trinajstić information content (AvgIpc) is 2.87. The molecule has 1 aromatic heterocycles. The molecule has 1 heterocycles. The molecule has 0 aliphatic heterocycles. The Hall–Kier alpha value is -0.900. The normalized spacial score (nSPS) is 25.6. The van der Waals surface area contributed by atoms with Gasteiger partial charge >= 0.3 is 0 Å². The molecule has 1 aliphatic rings. The second-order valence-corrected chi connectivity index (χ2v) is 7.36. The molecule has 0 spiro atoms. The van der Waals surface area contributed by atoms with E-state index in [1.807, 2.05) is 0 Å². The van der Waals surface area contributed by atoms with Gasteiger partial charge in [0.15, 0.2) is 5.82 Å². The van der Waals surface area contributed by atoms with Crippen molar-refractivity contribution in [3.05, 3.63) is 11.7 Å². The van der Waals surface area contributed by atoms with Crippen LogP contribution in [0, 0.1) is 11.8 Å². The largest absolute Gasteiger partial charge is 0.338 e. The molecule has 0 amide bonds. The van der Waals surface area contributed by atoms with Crippen LogP contribution in [-0.2, 0) is 5.41 Å². The molecule has 4 nitrogen and oxygen atoms in total. The van der Waals surface area contributed by atoms with E-state index in [0.29, 0.717) is 5.89 Å². The van der Waals surface area contributed by atoms with Gasteiger partial charge in [0.2, 0.25) is 5.89 Å². The summed E-state index contributed by atoms with van der Waals surface area (Å²) in [7, 11) is 0. The van der Waals surface area contributed by atoms with Crippen LogP contribution in [0.2, 0.25) is 0 Å². The van der Waals surface area contributed by atoms with Gasteiger partial charge in [-0.05, 0) is 31.7 Å². The van der Waals surface area contributed by atoms with Gasteiger partial charge < -0.3 is 9.84 Å². The zero-order valence-corrected chi connectivity index (χ0v) is 13.6. The molecule has 4 heteroatoms. The highest BCUT2D eigenvalue weighted by Gasteiger charge is 2.25. The summed E-state index contributed by atoms with van der Waals surface area (Å²) in [5.74, 6) is 3.11. The summed E-state index contributed by atoms with van der Waals surface area (Å²) in [6, 6.07) is 0.132. The Morgan fingerprint density at radius 3 is 2.60 bits per heavy atom. The maximum absolute atomic E-state index is 5.40. The molecule has 20 heavy (non-hydrogen) atoms. The Morgan fingerprint density at radius 2 is 2.00 bits per heavy atom. The number of hydrogen-bond donors (Lipinski definition) is 1. The number of hydrogen-bond acceptors (Lipinski definition) is 4. The molecule has 0 radical (unpaired) electrons. The summed E-state index contributed by atoms with van der Waals surface area (Å²) in [6.07, 6.45) is 5.49. The first-order valence-electron chi connectivity index (χ1n) is 7.95. The molecule has 0 bridgehead atoms. The minimum atomic E-state index is -0.0562. The maximum Gasteiger partial charge on any atom is 0.243 e. The zero-order valence-electron chi connectivity index (χ0n) is 13.6. The Morgan fingerprint density at radius 1 is 1.30 bits per heavy atom. The first-order valence-corrected chi connectivity index (χ1v) is 7.95. The number of nitrogens with one attached hydrogen (secondary N) is 1. The van der Waals surface area contributed by atoms with E-state index >= 15 is 0 Å². The highest BCUT2D eigenvalue weighted by molar-refractivity contribution is 5.01. The van der Waals surface area contributed by atoms with E-state index in [4.69, 9.17) is 4.52 Å². The van der Waals surface area contributed by atoms with Crippen molar-refractivity contribution in [1.29, 1.82) is 0 Å². The molecular formula is C16H29N3O. The van der Waals surface area contributed by atoms with Crippen molar-refractivity contribution in [2.45, 2.75) is 71.8 Å². The number of aromatic nitrogens is 2. The van der Waals surface area contributed by atoms with Crippen LogP contribution in [0.1, 0.15) is 78.1 Å². The molecule has 1 fully saturated rings. The van der Waals surface area contributed by atoms with E-state index < -0.39 is 0 Å². The quantitative estimate of drug-likeness (QED) is 0.909. The molecule has 1 aliphatic carbocycles. The summed E-state index contributed by atoms with van der Waals surface area (Å²) in [4.78, 5) is 4.52. The predicted octanol–water partition coefficient (Wildman–Crippen LogP) is 3.84. The summed E-state index contributed by atoms with van der Waals surface area (Å²) in [5, 5.41) is 7.66. The molecule has 114 valence electrons. The van der Waals surface area contributed by atoms with Gasteiger partial charge in [-0.3, -0.25) is 0 Å². The molecule has 1 N–H and O–H groups in total. The van der Waals surface area contributed by atoms with Crippen LogP contribution in [0.4, 0.5) is 0 Å². The van der Waals surface area contributed by atoms with Crippen molar-refractivity contribution in [3.8, 4) is 0 Å². The average molecular weight is 279 g/mol. The predicted molar refractivity (Wildman–Crippen MR) is 80.5 cm³/mol. The van der Waals surface area contributed by atoms with Gasteiger partial charge in [0.25, 0.3) is 0 Å². The third-order valence-electron chi connectivity index (χ3n) is 4.46. The first kappa shape index (κ1) is 15.5. The fourth-order valence-corrected chi connectivity index (χ4v) is 2.83. The number of nitrogens with zero attached hydrogens (tertiary/aromatic N) is 2. The summed E-state index contributed by atoms with van der Waals surface area (Å²) in [6.45, 7) is 11.8.